The highest BCUT2D eigenvalue weighted by Crippen LogP contribution is 2.35. The predicted octanol–water partition coefficient (Wildman–Crippen LogP) is 1.89. The van der Waals surface area contributed by atoms with Gasteiger partial charge in [-0.2, -0.15) is 0 Å². The number of carbonyl (C=O) groups is 1. The molecule has 3 nitrogen and oxygen atoms in total. The van der Waals surface area contributed by atoms with Gasteiger partial charge in [0.15, 0.2) is 6.29 Å². The highest BCUT2D eigenvalue weighted by atomic mass is 16.3. The SMILES string of the molecule is O=Cc1c2n(c3ccccc13)CCC2O. The normalized spacial score (nSPS) is 19.4. The first-order valence-electron chi connectivity index (χ1n) is 5.07. The number of aromatic nitrogens is 1. The number of fused-ring (bicyclic) bond motifs is 3. The third kappa shape index (κ3) is 1.01. The maximum atomic E-state index is 11.1. The Bertz CT molecular complexity index is 542. The number of benzene rings is 1. The Morgan fingerprint density at radius 2 is 2.20 bits per heavy atom. The summed E-state index contributed by atoms with van der Waals surface area (Å²) in [5, 5.41) is 10.8. The van der Waals surface area contributed by atoms with Crippen molar-refractivity contribution in [2.24, 2.45) is 0 Å². The summed E-state index contributed by atoms with van der Waals surface area (Å²) in [7, 11) is 0. The zero-order valence-electron chi connectivity index (χ0n) is 8.18. The number of aldehydes is 1. The van der Waals surface area contributed by atoms with E-state index in [2.05, 4.69) is 0 Å². The third-order valence-electron chi connectivity index (χ3n) is 3.11. The quantitative estimate of drug-likeness (QED) is 0.716. The van der Waals surface area contributed by atoms with Gasteiger partial charge in [-0.15, -0.1) is 0 Å². The molecule has 76 valence electrons. The highest BCUT2D eigenvalue weighted by Gasteiger charge is 2.27. The van der Waals surface area contributed by atoms with Crippen LogP contribution in [-0.2, 0) is 6.54 Å². The van der Waals surface area contributed by atoms with Crippen molar-refractivity contribution < 1.29 is 9.90 Å². The van der Waals surface area contributed by atoms with E-state index in [1.165, 1.54) is 0 Å². The van der Waals surface area contributed by atoms with Gasteiger partial charge in [0.25, 0.3) is 0 Å². The van der Waals surface area contributed by atoms with Gasteiger partial charge in [-0.05, 0) is 12.5 Å². The van der Waals surface area contributed by atoms with E-state index in [1.54, 1.807) is 0 Å². The molecule has 0 amide bonds. The van der Waals surface area contributed by atoms with Gasteiger partial charge < -0.3 is 9.67 Å². The Balaban J connectivity index is 2.46. The lowest BCUT2D eigenvalue weighted by molar-refractivity contribution is 0.111. The average Bonchev–Trinajstić information content (AvgIpc) is 2.78. The minimum Gasteiger partial charge on any atom is -0.387 e. The number of aryl methyl sites for hydroxylation is 1. The monoisotopic (exact) mass is 201 g/mol. The van der Waals surface area contributed by atoms with Crippen LogP contribution in [0.5, 0.6) is 0 Å². The molecule has 0 spiro atoms. The van der Waals surface area contributed by atoms with Gasteiger partial charge in [0.2, 0.25) is 0 Å². The summed E-state index contributed by atoms with van der Waals surface area (Å²) < 4.78 is 2.05. The molecule has 3 heteroatoms. The minimum atomic E-state index is -0.488. The summed E-state index contributed by atoms with van der Waals surface area (Å²) in [5.41, 5.74) is 2.48. The third-order valence-corrected chi connectivity index (χ3v) is 3.11. The van der Waals surface area contributed by atoms with Crippen LogP contribution in [0, 0.1) is 0 Å². The van der Waals surface area contributed by atoms with Crippen molar-refractivity contribution >= 4 is 17.2 Å². The van der Waals surface area contributed by atoms with E-state index in [-0.39, 0.29) is 0 Å². The first-order chi connectivity index (χ1) is 7.33. The summed E-state index contributed by atoms with van der Waals surface area (Å²) in [4.78, 5) is 11.1. The fraction of sp³-hybridized carbons (Fsp3) is 0.250. The van der Waals surface area contributed by atoms with Crippen LogP contribution in [0.1, 0.15) is 28.6 Å². The summed E-state index contributed by atoms with van der Waals surface area (Å²) in [6.45, 7) is 0.796. The molecule has 1 N–H and O–H groups in total. The number of aliphatic hydroxyl groups excluding tert-OH is 1. The van der Waals surface area contributed by atoms with E-state index in [0.29, 0.717) is 12.0 Å². The number of carbonyl (C=O) groups excluding carboxylic acids is 1. The predicted molar refractivity (Wildman–Crippen MR) is 56.9 cm³/mol. The molecule has 3 rings (SSSR count). The molecule has 1 aliphatic rings. The van der Waals surface area contributed by atoms with E-state index in [0.717, 1.165) is 29.4 Å². The molecule has 0 saturated heterocycles. The van der Waals surface area contributed by atoms with Crippen LogP contribution >= 0.6 is 0 Å². The maximum absolute atomic E-state index is 11.1. The number of nitrogens with zero attached hydrogens (tertiary/aromatic N) is 1. The fourth-order valence-corrected chi connectivity index (χ4v) is 2.46. The summed E-state index contributed by atoms with van der Waals surface area (Å²) in [6, 6.07) is 7.79. The maximum Gasteiger partial charge on any atom is 0.152 e. The van der Waals surface area contributed by atoms with Crippen LogP contribution in [-0.4, -0.2) is 16.0 Å². The molecule has 0 saturated carbocycles. The summed E-state index contributed by atoms with van der Waals surface area (Å²) in [6.07, 6.45) is 1.07. The molecule has 2 heterocycles. The molecule has 1 atom stereocenters. The second-order valence-corrected chi connectivity index (χ2v) is 3.89. The molecule has 0 fully saturated rings. The standard InChI is InChI=1S/C12H11NO2/c14-7-9-8-3-1-2-4-10(8)13-6-5-11(15)12(9)13/h1-4,7,11,15H,5-6H2. The van der Waals surface area contributed by atoms with Crippen molar-refractivity contribution in [3.8, 4) is 0 Å². The first kappa shape index (κ1) is 8.68. The molecule has 0 bridgehead atoms. The Hall–Kier alpha value is -1.61. The Morgan fingerprint density at radius 3 is 3.00 bits per heavy atom. The molecule has 1 aliphatic heterocycles. The van der Waals surface area contributed by atoms with Gasteiger partial charge >= 0.3 is 0 Å². The zero-order valence-corrected chi connectivity index (χ0v) is 8.18. The molecule has 15 heavy (non-hydrogen) atoms. The minimum absolute atomic E-state index is 0.488. The highest BCUT2D eigenvalue weighted by molar-refractivity contribution is 5.99. The van der Waals surface area contributed by atoms with Gasteiger partial charge in [0, 0.05) is 23.0 Å². The van der Waals surface area contributed by atoms with E-state index in [4.69, 9.17) is 0 Å². The van der Waals surface area contributed by atoms with E-state index in [1.807, 2.05) is 28.8 Å². The molecule has 1 aromatic heterocycles. The Labute approximate surface area is 86.9 Å². The van der Waals surface area contributed by atoms with Crippen LogP contribution < -0.4 is 0 Å². The Morgan fingerprint density at radius 1 is 1.40 bits per heavy atom. The summed E-state index contributed by atoms with van der Waals surface area (Å²) >= 11 is 0. The number of hydrogen-bond acceptors (Lipinski definition) is 2. The molecule has 0 aliphatic carbocycles. The zero-order chi connectivity index (χ0) is 10.4. The van der Waals surface area contributed by atoms with Crippen LogP contribution in [0.4, 0.5) is 0 Å². The van der Waals surface area contributed by atoms with Crippen molar-refractivity contribution in [1.29, 1.82) is 0 Å². The molecule has 1 unspecified atom stereocenters. The second-order valence-electron chi connectivity index (χ2n) is 3.89. The van der Waals surface area contributed by atoms with E-state index in [9.17, 15) is 9.90 Å². The number of aliphatic hydroxyl groups is 1. The number of rotatable bonds is 1. The van der Waals surface area contributed by atoms with Crippen molar-refractivity contribution in [2.45, 2.75) is 19.1 Å². The van der Waals surface area contributed by atoms with Crippen LogP contribution in [0.3, 0.4) is 0 Å². The van der Waals surface area contributed by atoms with Crippen LogP contribution in [0.25, 0.3) is 10.9 Å². The number of hydrogen-bond donors (Lipinski definition) is 1. The van der Waals surface area contributed by atoms with Crippen molar-refractivity contribution in [3.05, 3.63) is 35.5 Å². The van der Waals surface area contributed by atoms with Gasteiger partial charge in [-0.3, -0.25) is 4.79 Å². The van der Waals surface area contributed by atoms with Crippen LogP contribution in [0.15, 0.2) is 24.3 Å². The van der Waals surface area contributed by atoms with Gasteiger partial charge in [0.05, 0.1) is 11.8 Å². The molecular weight excluding hydrogens is 190 g/mol. The molecule has 2 aromatic rings. The van der Waals surface area contributed by atoms with Crippen molar-refractivity contribution in [1.82, 2.24) is 4.57 Å². The van der Waals surface area contributed by atoms with Gasteiger partial charge in [-0.25, -0.2) is 0 Å². The molecule has 1 aromatic carbocycles. The fourth-order valence-electron chi connectivity index (χ4n) is 2.46. The average molecular weight is 201 g/mol. The van der Waals surface area contributed by atoms with Gasteiger partial charge in [-0.1, -0.05) is 18.2 Å². The van der Waals surface area contributed by atoms with E-state index >= 15 is 0 Å². The van der Waals surface area contributed by atoms with E-state index < -0.39 is 6.10 Å². The smallest absolute Gasteiger partial charge is 0.152 e. The lowest BCUT2D eigenvalue weighted by Gasteiger charge is -2.00. The topological polar surface area (TPSA) is 42.2 Å². The lowest BCUT2D eigenvalue weighted by atomic mass is 10.1. The Kier molecular flexibility index (Phi) is 1.70. The lowest BCUT2D eigenvalue weighted by Crippen LogP contribution is -1.95. The molecule has 0 radical (unpaired) electrons. The van der Waals surface area contributed by atoms with Crippen molar-refractivity contribution in [3.63, 3.8) is 0 Å². The van der Waals surface area contributed by atoms with Crippen molar-refractivity contribution in [2.75, 3.05) is 0 Å². The largest absolute Gasteiger partial charge is 0.387 e. The second kappa shape index (κ2) is 2.94. The van der Waals surface area contributed by atoms with Gasteiger partial charge in [0.1, 0.15) is 0 Å². The first-order valence-corrected chi connectivity index (χ1v) is 5.07. The van der Waals surface area contributed by atoms with Crippen LogP contribution in [0.2, 0.25) is 0 Å². The molecular formula is C12H11NO2. The number of para-hydroxylation sites is 1. The summed E-state index contributed by atoms with van der Waals surface area (Å²) in [5.74, 6) is 0.